The SMILES string of the molecule is O=P([O-])(O)O[C@H]1[C@@H](O)[C@H](O)[C@@H](OP(=O)([O-])O)[C@H](OP(=O)([O-])O)[C@H]1O.[Na+].[Na+].[Na+]. The number of phosphoric acid groups is 3. The van der Waals surface area contributed by atoms with E-state index in [1.807, 2.05) is 0 Å². The van der Waals surface area contributed by atoms with Crippen LogP contribution in [0.25, 0.3) is 0 Å². The number of phosphoric ester groups is 3. The van der Waals surface area contributed by atoms with Crippen LogP contribution in [0.2, 0.25) is 0 Å². The van der Waals surface area contributed by atoms with Crippen molar-refractivity contribution in [3.63, 3.8) is 0 Å². The molecular formula is C6H12Na3O15P3. The number of hydrogen-bond acceptors (Lipinski definition) is 12. The molecule has 1 saturated carbocycles. The maximum Gasteiger partial charge on any atom is 1.00 e. The third-order valence-corrected chi connectivity index (χ3v) is 4.31. The Morgan fingerprint density at radius 1 is 0.556 bits per heavy atom. The van der Waals surface area contributed by atoms with Gasteiger partial charge in [-0.2, -0.15) is 0 Å². The first kappa shape index (κ1) is 34.8. The third-order valence-electron chi connectivity index (χ3n) is 2.78. The molecule has 0 aliphatic heterocycles. The number of aliphatic hydroxyl groups is 3. The molecule has 0 aromatic carbocycles. The Kier molecular flexibility index (Phi) is 16.8. The molecule has 0 heterocycles. The standard InChI is InChI=1S/C6H15O15P3.3Na/c7-1-2(8)5(20-23(13,14)15)6(21-24(16,17)18)3(9)4(1)19-22(10,11)12;;;/h1-9H,(H2,10,11,12)(H2,13,14,15)(H2,16,17,18);;;/q;3*+1/p-3/t1-,2-,3-,4-,5+,6+;;;/m0.../s1. The summed E-state index contributed by atoms with van der Waals surface area (Å²) in [5.74, 6) is 0. The van der Waals surface area contributed by atoms with Crippen LogP contribution >= 0.6 is 23.5 Å². The molecule has 0 aromatic heterocycles. The molecule has 1 aliphatic rings. The average molecular weight is 486 g/mol. The van der Waals surface area contributed by atoms with Gasteiger partial charge in [0.1, 0.15) is 36.6 Å². The predicted octanol–water partition coefficient (Wildman–Crippen LogP) is -14.4. The Hall–Kier alpha value is 3.21. The topological polar surface area (TPSA) is 269 Å². The average Bonchev–Trinajstić information content (AvgIpc) is 2.32. The van der Waals surface area contributed by atoms with Crippen LogP contribution in [0.3, 0.4) is 0 Å². The third kappa shape index (κ3) is 12.1. The van der Waals surface area contributed by atoms with Gasteiger partial charge in [-0.05, 0) is 0 Å². The number of rotatable bonds is 6. The number of aliphatic hydroxyl groups excluding tert-OH is 3. The Labute approximate surface area is 218 Å². The molecule has 1 fully saturated rings. The van der Waals surface area contributed by atoms with Crippen molar-refractivity contribution in [3.8, 4) is 0 Å². The van der Waals surface area contributed by atoms with Crippen LogP contribution in [-0.4, -0.2) is 66.6 Å². The van der Waals surface area contributed by atoms with E-state index in [1.165, 1.54) is 0 Å². The fraction of sp³-hybridized carbons (Fsp3) is 1.00. The monoisotopic (exact) mass is 486 g/mol. The van der Waals surface area contributed by atoms with Crippen molar-refractivity contribution in [3.05, 3.63) is 0 Å². The fourth-order valence-corrected chi connectivity index (χ4v) is 3.66. The van der Waals surface area contributed by atoms with E-state index >= 15 is 0 Å². The molecule has 3 unspecified atom stereocenters. The van der Waals surface area contributed by atoms with E-state index in [0.717, 1.165) is 0 Å². The molecular weight excluding hydrogens is 474 g/mol. The zero-order chi connectivity index (χ0) is 19.1. The summed E-state index contributed by atoms with van der Waals surface area (Å²) in [4.78, 5) is 58.0. The van der Waals surface area contributed by atoms with E-state index in [2.05, 4.69) is 13.6 Å². The molecule has 1 aliphatic carbocycles. The van der Waals surface area contributed by atoms with Gasteiger partial charge in [0.2, 0.25) is 0 Å². The molecule has 6 N–H and O–H groups in total. The minimum Gasteiger partial charge on any atom is -0.756 e. The Balaban J connectivity index is -0.00000192. The van der Waals surface area contributed by atoms with Crippen LogP contribution in [0.5, 0.6) is 0 Å². The second-order valence-corrected chi connectivity index (χ2v) is 8.03. The van der Waals surface area contributed by atoms with Crippen molar-refractivity contribution in [2.24, 2.45) is 0 Å². The van der Waals surface area contributed by atoms with Gasteiger partial charge in [-0.1, -0.05) is 0 Å². The quantitative estimate of drug-likeness (QED) is 0.150. The van der Waals surface area contributed by atoms with E-state index in [4.69, 9.17) is 14.7 Å². The normalized spacial score (nSPS) is 37.2. The minimum atomic E-state index is -5.72. The van der Waals surface area contributed by atoms with Gasteiger partial charge in [0.15, 0.2) is 0 Å². The Bertz CT molecular complexity index is 587. The fourth-order valence-electron chi connectivity index (χ4n) is 2.00. The van der Waals surface area contributed by atoms with Crippen LogP contribution in [0.1, 0.15) is 0 Å². The Morgan fingerprint density at radius 3 is 1.07 bits per heavy atom. The maximum atomic E-state index is 10.8. The van der Waals surface area contributed by atoms with Crippen LogP contribution in [0.15, 0.2) is 0 Å². The summed E-state index contributed by atoms with van der Waals surface area (Å²) < 4.78 is 43.9. The molecule has 27 heavy (non-hydrogen) atoms. The molecule has 0 spiro atoms. The summed E-state index contributed by atoms with van der Waals surface area (Å²) in [6.07, 6.45) is -15.0. The second-order valence-electron chi connectivity index (χ2n) is 4.59. The largest absolute Gasteiger partial charge is 1.00 e. The van der Waals surface area contributed by atoms with Crippen LogP contribution in [-0.2, 0) is 27.3 Å². The van der Waals surface area contributed by atoms with Gasteiger partial charge >= 0.3 is 88.7 Å². The van der Waals surface area contributed by atoms with Gasteiger partial charge in [0, 0.05) is 0 Å². The molecule has 144 valence electrons. The van der Waals surface area contributed by atoms with Gasteiger partial charge in [0.05, 0.1) is 0 Å². The van der Waals surface area contributed by atoms with Crippen molar-refractivity contribution < 1.29 is 161 Å². The summed E-state index contributed by atoms with van der Waals surface area (Å²) in [5, 5.41) is 29.1. The molecule has 15 nitrogen and oxygen atoms in total. The Morgan fingerprint density at radius 2 is 0.778 bits per heavy atom. The van der Waals surface area contributed by atoms with Gasteiger partial charge in [-0.25, -0.2) is 0 Å². The van der Waals surface area contributed by atoms with Gasteiger partial charge in [-0.3, -0.25) is 13.7 Å². The molecule has 9 atom stereocenters. The van der Waals surface area contributed by atoms with E-state index < -0.39 is 60.1 Å². The van der Waals surface area contributed by atoms with Crippen LogP contribution in [0.4, 0.5) is 0 Å². The summed E-state index contributed by atoms with van der Waals surface area (Å²) in [7, 11) is -17.0. The van der Waals surface area contributed by atoms with E-state index in [1.54, 1.807) is 0 Å². The summed E-state index contributed by atoms with van der Waals surface area (Å²) in [6, 6.07) is 0. The summed E-state index contributed by atoms with van der Waals surface area (Å²) >= 11 is 0. The van der Waals surface area contributed by atoms with Gasteiger partial charge in [-0.15, -0.1) is 0 Å². The predicted molar refractivity (Wildman–Crippen MR) is 62.1 cm³/mol. The molecule has 0 aromatic rings. The van der Waals surface area contributed by atoms with Crippen molar-refractivity contribution in [2.75, 3.05) is 0 Å². The minimum absolute atomic E-state index is 0. The number of hydrogen-bond donors (Lipinski definition) is 6. The van der Waals surface area contributed by atoms with E-state index in [0.29, 0.717) is 0 Å². The second kappa shape index (κ2) is 13.0. The van der Waals surface area contributed by atoms with Gasteiger partial charge in [0.25, 0.3) is 23.5 Å². The van der Waals surface area contributed by atoms with Crippen molar-refractivity contribution >= 4 is 23.5 Å². The van der Waals surface area contributed by atoms with Gasteiger partial charge < -0.3 is 58.3 Å². The maximum absolute atomic E-state index is 10.8. The molecule has 1 rings (SSSR count). The van der Waals surface area contributed by atoms with Crippen molar-refractivity contribution in [1.82, 2.24) is 0 Å². The summed E-state index contributed by atoms with van der Waals surface area (Å²) in [5.41, 5.74) is 0. The van der Waals surface area contributed by atoms with Crippen LogP contribution < -0.4 is 103 Å². The molecule has 0 saturated heterocycles. The van der Waals surface area contributed by atoms with Crippen LogP contribution in [0, 0.1) is 0 Å². The molecule has 21 heteroatoms. The molecule has 0 bridgehead atoms. The summed E-state index contributed by atoms with van der Waals surface area (Å²) in [6.45, 7) is 0. The van der Waals surface area contributed by atoms with Crippen molar-refractivity contribution in [2.45, 2.75) is 36.6 Å². The zero-order valence-corrected chi connectivity index (χ0v) is 22.8. The first-order valence-electron chi connectivity index (χ1n) is 5.72. The molecule has 0 radical (unpaired) electrons. The van der Waals surface area contributed by atoms with Crippen molar-refractivity contribution in [1.29, 1.82) is 0 Å². The molecule has 0 amide bonds. The van der Waals surface area contributed by atoms with E-state index in [9.17, 15) is 43.7 Å². The zero-order valence-electron chi connectivity index (χ0n) is 14.2. The smallest absolute Gasteiger partial charge is 0.756 e. The first-order valence-corrected chi connectivity index (χ1v) is 10.2. The van der Waals surface area contributed by atoms with E-state index in [-0.39, 0.29) is 88.7 Å². The first-order chi connectivity index (χ1) is 10.5.